The number of piperazine rings is 1. The van der Waals surface area contributed by atoms with E-state index < -0.39 is 0 Å². The van der Waals surface area contributed by atoms with Crippen molar-refractivity contribution >= 4 is 17.7 Å². The Morgan fingerprint density at radius 3 is 2.43 bits per heavy atom. The number of hydrogen-bond acceptors (Lipinski definition) is 5. The highest BCUT2D eigenvalue weighted by Gasteiger charge is 2.43. The highest BCUT2D eigenvalue weighted by Crippen LogP contribution is 2.36. The van der Waals surface area contributed by atoms with Crippen LogP contribution in [0.2, 0.25) is 0 Å². The summed E-state index contributed by atoms with van der Waals surface area (Å²) in [6.07, 6.45) is 4.82. The number of anilines is 1. The number of likely N-dealkylation sites (tertiary alicyclic amines) is 1. The number of para-hydroxylation sites is 2. The van der Waals surface area contributed by atoms with Gasteiger partial charge in [0.2, 0.25) is 0 Å². The van der Waals surface area contributed by atoms with E-state index in [1.165, 1.54) is 0 Å². The Hall–Kier alpha value is -2.68. The zero-order valence-corrected chi connectivity index (χ0v) is 20.8. The van der Waals surface area contributed by atoms with E-state index in [9.17, 15) is 14.7 Å². The van der Waals surface area contributed by atoms with Crippen LogP contribution in [0.5, 0.6) is 5.75 Å². The van der Waals surface area contributed by atoms with Crippen molar-refractivity contribution in [3.05, 3.63) is 24.3 Å². The van der Waals surface area contributed by atoms with E-state index in [1.807, 2.05) is 39.8 Å². The van der Waals surface area contributed by atoms with Gasteiger partial charge in [0, 0.05) is 57.4 Å². The van der Waals surface area contributed by atoms with E-state index in [0.717, 1.165) is 56.8 Å². The van der Waals surface area contributed by atoms with Crippen LogP contribution in [-0.4, -0.2) is 102 Å². The third-order valence-corrected chi connectivity index (χ3v) is 8.02. The van der Waals surface area contributed by atoms with E-state index in [1.54, 1.807) is 0 Å². The van der Waals surface area contributed by atoms with Crippen molar-refractivity contribution in [2.45, 2.75) is 69.7 Å². The second-order valence-electron chi connectivity index (χ2n) is 10.3. The van der Waals surface area contributed by atoms with Crippen LogP contribution in [0.25, 0.3) is 0 Å². The number of benzene rings is 1. The first-order chi connectivity index (χ1) is 17.0. The molecule has 2 bridgehead atoms. The van der Waals surface area contributed by atoms with E-state index in [4.69, 9.17) is 4.74 Å². The van der Waals surface area contributed by atoms with Crippen molar-refractivity contribution in [1.29, 1.82) is 0 Å². The van der Waals surface area contributed by atoms with Crippen LogP contribution in [0.15, 0.2) is 24.3 Å². The number of nitrogens with zero attached hydrogens (tertiary/aromatic N) is 4. The van der Waals surface area contributed by atoms with Crippen molar-refractivity contribution in [3.8, 4) is 5.75 Å². The van der Waals surface area contributed by atoms with Crippen LogP contribution in [-0.2, 0) is 0 Å². The fourth-order valence-corrected chi connectivity index (χ4v) is 6.33. The lowest BCUT2D eigenvalue weighted by Crippen LogP contribution is -2.59. The Labute approximate surface area is 208 Å². The van der Waals surface area contributed by atoms with Crippen LogP contribution in [0.3, 0.4) is 0 Å². The minimum absolute atomic E-state index is 0.0224. The molecule has 2 N–H and O–H groups in total. The van der Waals surface area contributed by atoms with Crippen LogP contribution in [0.4, 0.5) is 15.3 Å². The fourth-order valence-electron chi connectivity index (χ4n) is 6.33. The third-order valence-electron chi connectivity index (χ3n) is 8.02. The Bertz CT molecular complexity index is 891. The van der Waals surface area contributed by atoms with Crippen molar-refractivity contribution in [1.82, 2.24) is 20.0 Å². The first-order valence-corrected chi connectivity index (χ1v) is 13.3. The first kappa shape index (κ1) is 24.0. The normalized spacial score (nSPS) is 28.7. The molecule has 192 valence electrons. The number of hydrogen-bond donors (Lipinski definition) is 2. The number of aliphatic hydroxyl groups excluding tert-OH is 1. The topological polar surface area (TPSA) is 88.6 Å². The molecule has 4 heterocycles. The molecule has 9 nitrogen and oxygen atoms in total. The molecule has 0 spiro atoms. The van der Waals surface area contributed by atoms with Gasteiger partial charge in [0.05, 0.1) is 18.4 Å². The summed E-state index contributed by atoms with van der Waals surface area (Å²) in [6.45, 7) is 6.80. The lowest BCUT2D eigenvalue weighted by Gasteiger charge is -2.42. The maximum Gasteiger partial charge on any atom is 0.320 e. The number of carbonyl (C=O) groups is 2. The van der Waals surface area contributed by atoms with E-state index >= 15 is 0 Å². The maximum absolute atomic E-state index is 13.3. The summed E-state index contributed by atoms with van der Waals surface area (Å²) < 4.78 is 5.79. The smallest absolute Gasteiger partial charge is 0.320 e. The summed E-state index contributed by atoms with van der Waals surface area (Å²) in [6, 6.07) is 8.40. The van der Waals surface area contributed by atoms with Gasteiger partial charge in [0.1, 0.15) is 5.75 Å². The molecule has 0 unspecified atom stereocenters. The lowest BCUT2D eigenvalue weighted by atomic mass is 10.0. The molecule has 1 aromatic rings. The van der Waals surface area contributed by atoms with Gasteiger partial charge in [-0.2, -0.15) is 0 Å². The second-order valence-corrected chi connectivity index (χ2v) is 10.3. The van der Waals surface area contributed by atoms with Crippen LogP contribution >= 0.6 is 0 Å². The quantitative estimate of drug-likeness (QED) is 0.684. The largest absolute Gasteiger partial charge is 0.492 e. The van der Waals surface area contributed by atoms with Crippen molar-refractivity contribution in [2.75, 3.05) is 50.8 Å². The average molecular weight is 486 g/mol. The zero-order valence-electron chi connectivity index (χ0n) is 20.8. The molecule has 4 saturated heterocycles. The first-order valence-electron chi connectivity index (χ1n) is 13.3. The average Bonchev–Trinajstić information content (AvgIpc) is 3.15. The predicted octanol–water partition coefficient (Wildman–Crippen LogP) is 2.49. The predicted molar refractivity (Wildman–Crippen MR) is 134 cm³/mol. The highest BCUT2D eigenvalue weighted by atomic mass is 16.5. The second kappa shape index (κ2) is 10.5. The lowest BCUT2D eigenvalue weighted by molar-refractivity contribution is 0.0522. The number of aliphatic hydroxyl groups is 1. The Morgan fingerprint density at radius 2 is 1.71 bits per heavy atom. The van der Waals surface area contributed by atoms with Crippen molar-refractivity contribution < 1.29 is 19.4 Å². The monoisotopic (exact) mass is 485 g/mol. The molecular formula is C26H39N5O4. The molecule has 9 heteroatoms. The van der Waals surface area contributed by atoms with Gasteiger partial charge in [-0.05, 0) is 57.6 Å². The van der Waals surface area contributed by atoms with E-state index in [0.29, 0.717) is 39.1 Å². The molecule has 0 saturated carbocycles. The number of carbonyl (C=O) groups excluding carboxylic acids is 2. The van der Waals surface area contributed by atoms with Crippen molar-refractivity contribution in [2.24, 2.45) is 0 Å². The summed E-state index contributed by atoms with van der Waals surface area (Å²) in [5.74, 6) is 0.890. The molecule has 4 amide bonds. The van der Waals surface area contributed by atoms with Crippen LogP contribution in [0, 0.1) is 0 Å². The van der Waals surface area contributed by atoms with E-state index in [2.05, 4.69) is 16.3 Å². The summed E-state index contributed by atoms with van der Waals surface area (Å²) in [4.78, 5) is 34.5. The van der Waals surface area contributed by atoms with Gasteiger partial charge in [-0.1, -0.05) is 12.1 Å². The number of piperidine rings is 2. The molecule has 4 fully saturated rings. The minimum atomic E-state index is -0.285. The zero-order chi connectivity index (χ0) is 24.4. The molecule has 5 rings (SSSR count). The molecule has 35 heavy (non-hydrogen) atoms. The Balaban J connectivity index is 1.13. The molecule has 4 aliphatic heterocycles. The number of nitrogens with one attached hydrogen (secondary N) is 1. The van der Waals surface area contributed by atoms with Gasteiger partial charge in [-0.15, -0.1) is 0 Å². The van der Waals surface area contributed by atoms with Gasteiger partial charge >= 0.3 is 12.1 Å². The maximum atomic E-state index is 13.3. The molecule has 1 aromatic carbocycles. The molecular weight excluding hydrogens is 446 g/mol. The Morgan fingerprint density at radius 1 is 1.00 bits per heavy atom. The van der Waals surface area contributed by atoms with Gasteiger partial charge in [-0.25, -0.2) is 9.59 Å². The van der Waals surface area contributed by atoms with Crippen LogP contribution in [0.1, 0.15) is 45.4 Å². The molecule has 4 atom stereocenters. The van der Waals surface area contributed by atoms with Gasteiger partial charge in [-0.3, -0.25) is 0 Å². The number of amides is 4. The van der Waals surface area contributed by atoms with E-state index in [-0.39, 0.29) is 36.3 Å². The summed E-state index contributed by atoms with van der Waals surface area (Å²) in [7, 11) is 0. The number of rotatable bonds is 4. The molecule has 0 radical (unpaired) electrons. The number of fused-ring (bicyclic) bond motifs is 2. The molecule has 4 aliphatic rings. The Kier molecular flexibility index (Phi) is 7.22. The van der Waals surface area contributed by atoms with Gasteiger partial charge in [0.25, 0.3) is 0 Å². The third kappa shape index (κ3) is 5.15. The summed E-state index contributed by atoms with van der Waals surface area (Å²) >= 11 is 0. The molecule has 0 aliphatic carbocycles. The summed E-state index contributed by atoms with van der Waals surface area (Å²) in [5.41, 5.74) is 1.08. The SMILES string of the molecule is CCOc1ccccc1N1CCN(C(=O)N2CCC[C@H](NC(=O)N3[C@@H]4CC[C@H]3C[C@@H](O)C4)C2)CC1. The van der Waals surface area contributed by atoms with Gasteiger partial charge in [0.15, 0.2) is 0 Å². The van der Waals surface area contributed by atoms with Crippen molar-refractivity contribution in [3.63, 3.8) is 0 Å². The minimum Gasteiger partial charge on any atom is -0.492 e. The van der Waals surface area contributed by atoms with Gasteiger partial charge < -0.3 is 34.8 Å². The number of ether oxygens (including phenoxy) is 1. The summed E-state index contributed by atoms with van der Waals surface area (Å²) in [5, 5.41) is 13.2. The number of urea groups is 2. The molecule has 0 aromatic heterocycles. The fraction of sp³-hybridized carbons (Fsp3) is 0.692. The highest BCUT2D eigenvalue weighted by molar-refractivity contribution is 5.77. The van der Waals surface area contributed by atoms with Crippen LogP contribution < -0.4 is 15.0 Å². The standard InChI is InChI=1S/C26H39N5O4/c1-2-35-24-8-4-3-7-23(24)28-12-14-29(15-13-28)26(34)30-11-5-6-19(18-30)27-25(33)31-20-9-10-21(31)17-22(32)16-20/h3-4,7-8,19-22,32H,2,5-6,9-18H2,1H3,(H,27,33)/t19-,20-,21+,22+/m0/s1.